The highest BCUT2D eigenvalue weighted by molar-refractivity contribution is 7.99. The highest BCUT2D eigenvalue weighted by Gasteiger charge is 2.12. The number of carbonyl (C=O) groups is 1. The van der Waals surface area contributed by atoms with Crippen molar-refractivity contribution >= 4 is 50.9 Å². The Morgan fingerprint density at radius 1 is 1.33 bits per heavy atom. The summed E-state index contributed by atoms with van der Waals surface area (Å²) in [4.78, 5) is 22.5. The third-order valence-electron chi connectivity index (χ3n) is 2.80. The molecule has 0 saturated carbocycles. The van der Waals surface area contributed by atoms with Crippen LogP contribution < -0.4 is 0 Å². The van der Waals surface area contributed by atoms with Gasteiger partial charge >= 0.3 is 5.97 Å². The molecule has 106 valence electrons. The first-order valence-corrected chi connectivity index (χ1v) is 7.97. The van der Waals surface area contributed by atoms with Crippen LogP contribution in [0.5, 0.6) is 0 Å². The number of halogens is 1. The normalized spacial score (nSPS) is 11.0. The molecule has 0 aliphatic rings. The number of aryl methyl sites for hydroxylation is 1. The van der Waals surface area contributed by atoms with Crippen LogP contribution in [-0.2, 0) is 0 Å². The summed E-state index contributed by atoms with van der Waals surface area (Å²) in [6.07, 6.45) is 1.52. The Morgan fingerprint density at radius 2 is 2.14 bits per heavy atom. The van der Waals surface area contributed by atoms with Crippen molar-refractivity contribution in [1.82, 2.24) is 9.97 Å². The summed E-state index contributed by atoms with van der Waals surface area (Å²) < 4.78 is 0. The van der Waals surface area contributed by atoms with Crippen LogP contribution in [0, 0.1) is 6.92 Å². The van der Waals surface area contributed by atoms with Crippen LogP contribution in [-0.4, -0.2) is 21.0 Å². The Morgan fingerprint density at radius 3 is 2.90 bits per heavy atom. The molecule has 0 aliphatic heterocycles. The van der Waals surface area contributed by atoms with E-state index in [2.05, 4.69) is 9.97 Å². The van der Waals surface area contributed by atoms with Crippen molar-refractivity contribution in [2.75, 3.05) is 0 Å². The molecule has 4 nitrogen and oxygen atoms in total. The summed E-state index contributed by atoms with van der Waals surface area (Å²) in [5, 5.41) is 11.1. The van der Waals surface area contributed by atoms with Gasteiger partial charge in [-0.05, 0) is 31.2 Å². The standard InChI is InChI=1S/C14H9ClN2O2S2/c1-7-4-10-12(20-7)16-6-17-13(10)21-8-2-3-11(15)9(5-8)14(18)19/h2-6H,1H3,(H,18,19). The van der Waals surface area contributed by atoms with E-state index in [1.165, 1.54) is 18.1 Å². The summed E-state index contributed by atoms with van der Waals surface area (Å²) >= 11 is 8.89. The first-order chi connectivity index (χ1) is 10.0. The first kappa shape index (κ1) is 14.3. The molecule has 21 heavy (non-hydrogen) atoms. The topological polar surface area (TPSA) is 63.1 Å². The SMILES string of the molecule is Cc1cc2c(Sc3ccc(Cl)c(C(=O)O)c3)ncnc2s1. The Bertz CT molecular complexity index is 848. The zero-order valence-corrected chi connectivity index (χ0v) is 13.2. The molecule has 2 aromatic heterocycles. The van der Waals surface area contributed by atoms with Crippen LogP contribution in [0.1, 0.15) is 15.2 Å². The Labute approximate surface area is 133 Å². The zero-order valence-electron chi connectivity index (χ0n) is 10.8. The lowest BCUT2D eigenvalue weighted by molar-refractivity contribution is 0.0697. The second-order valence-electron chi connectivity index (χ2n) is 4.30. The second-order valence-corrected chi connectivity index (χ2v) is 7.01. The maximum atomic E-state index is 11.1. The van der Waals surface area contributed by atoms with Crippen molar-refractivity contribution in [2.45, 2.75) is 16.8 Å². The molecule has 2 heterocycles. The molecule has 0 atom stereocenters. The molecule has 0 fully saturated rings. The van der Waals surface area contributed by atoms with Gasteiger partial charge < -0.3 is 5.11 Å². The van der Waals surface area contributed by atoms with E-state index < -0.39 is 5.97 Å². The molecule has 0 aliphatic carbocycles. The number of thiophene rings is 1. The lowest BCUT2D eigenvalue weighted by atomic mass is 10.2. The number of fused-ring (bicyclic) bond motifs is 1. The Hall–Kier alpha value is -1.63. The van der Waals surface area contributed by atoms with Gasteiger partial charge in [0.25, 0.3) is 0 Å². The molecule has 3 aromatic rings. The van der Waals surface area contributed by atoms with Crippen LogP contribution >= 0.6 is 34.7 Å². The predicted octanol–water partition coefficient (Wildman–Crippen LogP) is 4.50. The average Bonchev–Trinajstić information content (AvgIpc) is 2.82. The van der Waals surface area contributed by atoms with Gasteiger partial charge in [-0.3, -0.25) is 0 Å². The molecular formula is C14H9ClN2O2S2. The lowest BCUT2D eigenvalue weighted by Gasteiger charge is -2.04. The number of nitrogens with zero attached hydrogens (tertiary/aromatic N) is 2. The zero-order chi connectivity index (χ0) is 15.0. The summed E-state index contributed by atoms with van der Waals surface area (Å²) in [5.74, 6) is -1.04. The van der Waals surface area contributed by atoms with E-state index in [1.54, 1.807) is 29.5 Å². The number of hydrogen-bond acceptors (Lipinski definition) is 5. The molecule has 0 saturated heterocycles. The highest BCUT2D eigenvalue weighted by Crippen LogP contribution is 2.35. The molecule has 7 heteroatoms. The van der Waals surface area contributed by atoms with Gasteiger partial charge in [0.1, 0.15) is 16.2 Å². The fourth-order valence-electron chi connectivity index (χ4n) is 1.88. The summed E-state index contributed by atoms with van der Waals surface area (Å²) in [6, 6.07) is 6.97. The third kappa shape index (κ3) is 2.88. The minimum atomic E-state index is -1.04. The minimum absolute atomic E-state index is 0.0912. The van der Waals surface area contributed by atoms with Crippen LogP contribution in [0.15, 0.2) is 40.5 Å². The Balaban J connectivity index is 2.02. The number of rotatable bonds is 3. The number of carboxylic acid groups (broad SMARTS) is 1. The summed E-state index contributed by atoms with van der Waals surface area (Å²) in [6.45, 7) is 2.02. The van der Waals surface area contributed by atoms with Crippen molar-refractivity contribution in [3.63, 3.8) is 0 Å². The van der Waals surface area contributed by atoms with E-state index in [1.807, 2.05) is 13.0 Å². The number of carboxylic acids is 1. The predicted molar refractivity (Wildman–Crippen MR) is 84.7 cm³/mol. The third-order valence-corrected chi connectivity index (χ3v) is 5.10. The maximum absolute atomic E-state index is 11.1. The monoisotopic (exact) mass is 336 g/mol. The first-order valence-electron chi connectivity index (χ1n) is 5.96. The highest BCUT2D eigenvalue weighted by atomic mass is 35.5. The van der Waals surface area contributed by atoms with E-state index in [9.17, 15) is 4.79 Å². The molecule has 1 N–H and O–H groups in total. The lowest BCUT2D eigenvalue weighted by Crippen LogP contribution is -1.97. The number of aromatic carboxylic acids is 1. The second kappa shape index (κ2) is 5.63. The maximum Gasteiger partial charge on any atom is 0.337 e. The molecule has 0 bridgehead atoms. The van der Waals surface area contributed by atoms with Crippen molar-refractivity contribution < 1.29 is 9.90 Å². The van der Waals surface area contributed by atoms with Crippen molar-refractivity contribution in [3.8, 4) is 0 Å². The molecular weight excluding hydrogens is 328 g/mol. The van der Waals surface area contributed by atoms with Gasteiger partial charge in [-0.2, -0.15) is 0 Å². The van der Waals surface area contributed by atoms with Gasteiger partial charge in [0.2, 0.25) is 0 Å². The number of benzene rings is 1. The molecule has 0 amide bonds. The Kier molecular flexibility index (Phi) is 3.84. The van der Waals surface area contributed by atoms with Gasteiger partial charge in [-0.15, -0.1) is 11.3 Å². The van der Waals surface area contributed by atoms with Crippen molar-refractivity contribution in [2.24, 2.45) is 0 Å². The van der Waals surface area contributed by atoms with Gasteiger partial charge in [0.05, 0.1) is 10.6 Å². The van der Waals surface area contributed by atoms with Gasteiger partial charge in [-0.1, -0.05) is 23.4 Å². The minimum Gasteiger partial charge on any atom is -0.478 e. The van der Waals surface area contributed by atoms with E-state index in [0.717, 1.165) is 25.0 Å². The van der Waals surface area contributed by atoms with Crippen LogP contribution in [0.3, 0.4) is 0 Å². The van der Waals surface area contributed by atoms with Gasteiger partial charge in [-0.25, -0.2) is 14.8 Å². The van der Waals surface area contributed by atoms with Crippen LogP contribution in [0.4, 0.5) is 0 Å². The summed E-state index contributed by atoms with van der Waals surface area (Å²) in [5.41, 5.74) is 0.0912. The van der Waals surface area contributed by atoms with Crippen LogP contribution in [0.25, 0.3) is 10.2 Å². The van der Waals surface area contributed by atoms with Crippen molar-refractivity contribution in [3.05, 3.63) is 46.1 Å². The fraction of sp³-hybridized carbons (Fsp3) is 0.0714. The molecule has 0 radical (unpaired) electrons. The smallest absolute Gasteiger partial charge is 0.337 e. The van der Waals surface area contributed by atoms with E-state index in [4.69, 9.17) is 16.7 Å². The van der Waals surface area contributed by atoms with E-state index >= 15 is 0 Å². The molecule has 0 spiro atoms. The van der Waals surface area contributed by atoms with E-state index in [0.29, 0.717) is 0 Å². The van der Waals surface area contributed by atoms with Gasteiger partial charge in [0, 0.05) is 15.2 Å². The van der Waals surface area contributed by atoms with Gasteiger partial charge in [0.15, 0.2) is 0 Å². The molecule has 0 unspecified atom stereocenters. The fourth-order valence-corrected chi connectivity index (χ4v) is 3.89. The van der Waals surface area contributed by atoms with Crippen molar-refractivity contribution in [1.29, 1.82) is 0 Å². The largest absolute Gasteiger partial charge is 0.478 e. The van der Waals surface area contributed by atoms with E-state index in [-0.39, 0.29) is 10.6 Å². The quantitative estimate of drug-likeness (QED) is 0.713. The average molecular weight is 337 g/mol. The molecule has 3 rings (SSSR count). The van der Waals surface area contributed by atoms with Crippen LogP contribution in [0.2, 0.25) is 5.02 Å². The molecule has 1 aromatic carbocycles. The number of hydrogen-bond donors (Lipinski definition) is 1. The summed E-state index contributed by atoms with van der Waals surface area (Å²) in [7, 11) is 0. The number of aromatic nitrogens is 2.